The van der Waals surface area contributed by atoms with Gasteiger partial charge in [-0.25, -0.2) is 0 Å². The molecule has 3 aromatic carbocycles. The molecule has 2 radical (unpaired) electrons. The smallest absolute Gasteiger partial charge is 0.258 e. The van der Waals surface area contributed by atoms with Crippen LogP contribution < -0.4 is 15.3 Å². The number of hydrogen-bond acceptors (Lipinski definition) is 4. The number of benzene rings is 3. The van der Waals surface area contributed by atoms with Crippen molar-refractivity contribution >= 4 is 36.5 Å². The number of rotatable bonds is 6. The molecule has 0 fully saturated rings. The molecule has 0 saturated carbocycles. The molecule has 6 nitrogen and oxygen atoms in total. The van der Waals surface area contributed by atoms with E-state index in [1.165, 1.54) is 9.80 Å². The first kappa shape index (κ1) is 25.6. The van der Waals surface area contributed by atoms with E-state index in [0.717, 1.165) is 22.5 Å². The fourth-order valence-corrected chi connectivity index (χ4v) is 4.26. The van der Waals surface area contributed by atoms with Crippen molar-refractivity contribution in [1.82, 2.24) is 9.97 Å². The molecule has 0 spiro atoms. The first-order valence-corrected chi connectivity index (χ1v) is 12.4. The molecule has 5 rings (SSSR count). The minimum absolute atomic E-state index is 0.196. The summed E-state index contributed by atoms with van der Waals surface area (Å²) in [5, 5.41) is 0. The van der Waals surface area contributed by atoms with E-state index in [1.54, 1.807) is 69.0 Å². The van der Waals surface area contributed by atoms with E-state index < -0.39 is 0 Å². The number of amides is 2. The van der Waals surface area contributed by atoms with Gasteiger partial charge in [0.05, 0.1) is 11.4 Å². The van der Waals surface area contributed by atoms with E-state index in [-0.39, 0.29) is 11.8 Å². The van der Waals surface area contributed by atoms with Gasteiger partial charge in [-0.2, -0.15) is 0 Å². The monoisotopic (exact) mass is 508 g/mol. The van der Waals surface area contributed by atoms with Gasteiger partial charge in [-0.15, -0.1) is 0 Å². The van der Waals surface area contributed by atoms with E-state index in [4.69, 9.17) is 7.85 Å². The Kier molecular flexibility index (Phi) is 7.32. The molecule has 0 N–H and O–H groups in total. The van der Waals surface area contributed by atoms with Crippen LogP contribution in [0.4, 0.5) is 11.4 Å². The number of aromatic nitrogens is 2. The lowest BCUT2D eigenvalue weighted by Crippen LogP contribution is -2.30. The average Bonchev–Trinajstić information content (AvgIpc) is 3.00. The summed E-state index contributed by atoms with van der Waals surface area (Å²) in [5.41, 5.74) is 6.18. The van der Waals surface area contributed by atoms with Crippen LogP contribution in [0.25, 0.3) is 22.5 Å². The number of anilines is 2. The number of nitrogens with zero attached hydrogens (tertiary/aromatic N) is 4. The van der Waals surface area contributed by atoms with Crippen LogP contribution in [0.15, 0.2) is 116 Å². The van der Waals surface area contributed by atoms with Crippen LogP contribution in [-0.4, -0.2) is 43.7 Å². The van der Waals surface area contributed by atoms with Gasteiger partial charge in [-0.1, -0.05) is 41.9 Å². The number of carbonyl (C=O) groups excluding carboxylic acids is 2. The first-order chi connectivity index (χ1) is 18.9. The molecule has 0 atom stereocenters. The molecule has 188 valence electrons. The third kappa shape index (κ3) is 5.62. The standard InChI is InChI=1S/C32H25BN4O2/c1-36(31(38)24-13-9-22(10-14-24)29-7-3-5-17-34-29)27-19-26(33)20-28(21-27)37(2)32(39)25-15-11-23(12-16-25)30-8-4-6-18-35-30/h3-21H,1-2H3. The third-order valence-corrected chi connectivity index (χ3v) is 6.49. The lowest BCUT2D eigenvalue weighted by atomic mass is 9.94. The van der Waals surface area contributed by atoms with Gasteiger partial charge in [0.15, 0.2) is 0 Å². The Hall–Kier alpha value is -5.04. The van der Waals surface area contributed by atoms with E-state index in [0.29, 0.717) is 28.0 Å². The van der Waals surface area contributed by atoms with Gasteiger partial charge in [0, 0.05) is 60.1 Å². The Balaban J connectivity index is 1.34. The van der Waals surface area contributed by atoms with Crippen LogP contribution in [0.5, 0.6) is 0 Å². The van der Waals surface area contributed by atoms with Crippen molar-refractivity contribution in [3.05, 3.63) is 127 Å². The van der Waals surface area contributed by atoms with Crippen LogP contribution in [0.2, 0.25) is 0 Å². The third-order valence-electron chi connectivity index (χ3n) is 6.49. The molecule has 0 aliphatic carbocycles. The predicted molar refractivity (Wildman–Crippen MR) is 157 cm³/mol. The van der Waals surface area contributed by atoms with Gasteiger partial charge in [-0.3, -0.25) is 19.6 Å². The molecule has 39 heavy (non-hydrogen) atoms. The zero-order chi connectivity index (χ0) is 27.4. The van der Waals surface area contributed by atoms with Crippen molar-refractivity contribution in [1.29, 1.82) is 0 Å². The predicted octanol–water partition coefficient (Wildman–Crippen LogP) is 5.16. The van der Waals surface area contributed by atoms with Gasteiger partial charge < -0.3 is 9.80 Å². The second kappa shape index (κ2) is 11.1. The lowest BCUT2D eigenvalue weighted by molar-refractivity contribution is 0.0986. The van der Waals surface area contributed by atoms with Crippen molar-refractivity contribution in [3.63, 3.8) is 0 Å². The van der Waals surface area contributed by atoms with Crippen LogP contribution >= 0.6 is 0 Å². The molecule has 7 heteroatoms. The molecule has 2 heterocycles. The topological polar surface area (TPSA) is 66.4 Å². The zero-order valence-corrected chi connectivity index (χ0v) is 21.7. The summed E-state index contributed by atoms with van der Waals surface area (Å²) in [7, 11) is 9.56. The molecule has 0 aliphatic rings. The Labute approximate surface area is 229 Å². The second-order valence-corrected chi connectivity index (χ2v) is 9.10. The van der Waals surface area contributed by atoms with E-state index >= 15 is 0 Å². The van der Waals surface area contributed by atoms with Gasteiger partial charge in [0.1, 0.15) is 7.85 Å². The summed E-state index contributed by atoms with van der Waals surface area (Å²) in [6, 6.07) is 31.2. The molecule has 5 aromatic rings. The molecule has 2 amide bonds. The van der Waals surface area contributed by atoms with Gasteiger partial charge in [0.25, 0.3) is 11.8 Å². The maximum atomic E-state index is 13.3. The molecule has 0 unspecified atom stereocenters. The lowest BCUT2D eigenvalue weighted by Gasteiger charge is -2.23. The quantitative estimate of drug-likeness (QED) is 0.298. The Morgan fingerprint density at radius 3 is 1.36 bits per heavy atom. The normalized spacial score (nSPS) is 10.6. The van der Waals surface area contributed by atoms with Gasteiger partial charge in [-0.05, 0) is 66.7 Å². The van der Waals surface area contributed by atoms with Gasteiger partial charge in [0.2, 0.25) is 0 Å². The van der Waals surface area contributed by atoms with Crippen molar-refractivity contribution < 1.29 is 9.59 Å². The van der Waals surface area contributed by atoms with E-state index in [2.05, 4.69) is 9.97 Å². The number of hydrogen-bond donors (Lipinski definition) is 0. The first-order valence-electron chi connectivity index (χ1n) is 12.4. The highest BCUT2D eigenvalue weighted by molar-refractivity contribution is 6.33. The minimum Gasteiger partial charge on any atom is -0.311 e. The number of carbonyl (C=O) groups is 2. The van der Waals surface area contributed by atoms with Crippen LogP contribution in [0, 0.1) is 0 Å². The fraction of sp³-hybridized carbons (Fsp3) is 0.0625. The summed E-state index contributed by atoms with van der Waals surface area (Å²) < 4.78 is 0. The van der Waals surface area contributed by atoms with Crippen LogP contribution in [0.1, 0.15) is 20.7 Å². The number of pyridine rings is 2. The van der Waals surface area contributed by atoms with E-state index in [1.807, 2.05) is 60.7 Å². The zero-order valence-electron chi connectivity index (χ0n) is 21.7. The van der Waals surface area contributed by atoms with E-state index in [9.17, 15) is 9.59 Å². The second-order valence-electron chi connectivity index (χ2n) is 9.10. The summed E-state index contributed by atoms with van der Waals surface area (Å²) in [6.45, 7) is 0. The van der Waals surface area contributed by atoms with Crippen LogP contribution in [0.3, 0.4) is 0 Å². The molecule has 2 aromatic heterocycles. The SMILES string of the molecule is [B]c1cc(N(C)C(=O)c2ccc(-c3ccccn3)cc2)cc(N(C)C(=O)c2ccc(-c3ccccn3)cc2)c1. The Morgan fingerprint density at radius 2 is 1.00 bits per heavy atom. The minimum atomic E-state index is -0.196. The Morgan fingerprint density at radius 1 is 0.590 bits per heavy atom. The maximum Gasteiger partial charge on any atom is 0.258 e. The highest BCUT2D eigenvalue weighted by Gasteiger charge is 2.18. The molecule has 0 bridgehead atoms. The average molecular weight is 508 g/mol. The highest BCUT2D eigenvalue weighted by atomic mass is 16.2. The maximum absolute atomic E-state index is 13.3. The summed E-state index contributed by atoms with van der Waals surface area (Å²) in [4.78, 5) is 38.3. The van der Waals surface area contributed by atoms with Crippen molar-refractivity contribution in [3.8, 4) is 22.5 Å². The molecular weight excluding hydrogens is 483 g/mol. The summed E-state index contributed by atoms with van der Waals surface area (Å²) in [5.74, 6) is -0.392. The van der Waals surface area contributed by atoms with Crippen molar-refractivity contribution in [2.45, 2.75) is 0 Å². The highest BCUT2D eigenvalue weighted by Crippen LogP contribution is 2.25. The van der Waals surface area contributed by atoms with Crippen molar-refractivity contribution in [2.24, 2.45) is 0 Å². The Bertz CT molecular complexity index is 1490. The molecule has 0 saturated heterocycles. The van der Waals surface area contributed by atoms with Gasteiger partial charge >= 0.3 is 0 Å². The van der Waals surface area contributed by atoms with Crippen LogP contribution in [-0.2, 0) is 0 Å². The summed E-state index contributed by atoms with van der Waals surface area (Å²) in [6.07, 6.45) is 3.47. The van der Waals surface area contributed by atoms with Crippen molar-refractivity contribution in [2.75, 3.05) is 23.9 Å². The fourth-order valence-electron chi connectivity index (χ4n) is 4.26. The largest absolute Gasteiger partial charge is 0.311 e. The molecule has 0 aliphatic heterocycles. The summed E-state index contributed by atoms with van der Waals surface area (Å²) >= 11 is 0. The molecular formula is C32H25BN4O2.